The molecule has 12 heteroatoms. The minimum absolute atomic E-state index is 0.0158. The van der Waals surface area contributed by atoms with E-state index in [1.54, 1.807) is 6.07 Å². The predicted octanol–water partition coefficient (Wildman–Crippen LogP) is 6.42. The number of benzene rings is 3. The van der Waals surface area contributed by atoms with Crippen molar-refractivity contribution in [1.82, 2.24) is 5.32 Å². The monoisotopic (exact) mass is 545 g/mol. The summed E-state index contributed by atoms with van der Waals surface area (Å²) in [5, 5.41) is 11.7. The molecule has 1 saturated heterocycles. The highest BCUT2D eigenvalue weighted by atomic mass is 32.2. The van der Waals surface area contributed by atoms with Gasteiger partial charge in [-0.15, -0.1) is 0 Å². The van der Waals surface area contributed by atoms with Crippen molar-refractivity contribution in [3.8, 4) is 23.3 Å². The number of nitriles is 1. The molecule has 1 amide bonds. The van der Waals surface area contributed by atoms with Gasteiger partial charge in [-0.05, 0) is 71.4 Å². The van der Waals surface area contributed by atoms with E-state index in [9.17, 15) is 26.7 Å². The van der Waals surface area contributed by atoms with E-state index in [2.05, 4.69) is 10.3 Å². The zero-order chi connectivity index (χ0) is 27.4. The van der Waals surface area contributed by atoms with Crippen LogP contribution in [0.3, 0.4) is 0 Å². The number of hydrogen-bond acceptors (Lipinski definition) is 6. The average molecular weight is 545 g/mol. The van der Waals surface area contributed by atoms with Crippen LogP contribution in [-0.4, -0.2) is 18.2 Å². The molecule has 0 spiro atoms. The van der Waals surface area contributed by atoms with Crippen LogP contribution in [0.1, 0.15) is 22.3 Å². The molecular formula is C26H16F5N3O3S. The highest BCUT2D eigenvalue weighted by molar-refractivity contribution is 8.18. The Morgan fingerprint density at radius 2 is 1.74 bits per heavy atom. The largest absolute Gasteiger partial charge is 0.493 e. The number of thioether (sulfide) groups is 1. The van der Waals surface area contributed by atoms with Gasteiger partial charge in [0.25, 0.3) is 5.91 Å². The third-order valence-electron chi connectivity index (χ3n) is 5.10. The molecule has 0 aliphatic carbocycles. The van der Waals surface area contributed by atoms with E-state index in [0.717, 1.165) is 36.0 Å². The Balaban J connectivity index is 1.54. The fraction of sp³-hybridized carbons (Fsp3) is 0.115. The Morgan fingerprint density at radius 1 is 1.03 bits per heavy atom. The van der Waals surface area contributed by atoms with Crippen molar-refractivity contribution in [2.24, 2.45) is 4.99 Å². The van der Waals surface area contributed by atoms with Crippen LogP contribution in [0.5, 0.6) is 17.2 Å². The van der Waals surface area contributed by atoms with Gasteiger partial charge in [0.1, 0.15) is 17.4 Å². The number of ether oxygens (including phenoxy) is 2. The van der Waals surface area contributed by atoms with Gasteiger partial charge in [0.15, 0.2) is 16.7 Å². The fourth-order valence-corrected chi connectivity index (χ4v) is 4.22. The van der Waals surface area contributed by atoms with Gasteiger partial charge >= 0.3 is 6.18 Å². The predicted molar refractivity (Wildman–Crippen MR) is 130 cm³/mol. The molecule has 3 aromatic rings. The number of carbonyl (C=O) groups excluding carboxylic acids is 1. The lowest BCUT2D eigenvalue weighted by molar-refractivity contribution is -0.138. The summed E-state index contributed by atoms with van der Waals surface area (Å²) < 4.78 is 77.9. The molecule has 1 N–H and O–H groups in total. The van der Waals surface area contributed by atoms with Crippen molar-refractivity contribution in [2.75, 3.05) is 7.11 Å². The van der Waals surface area contributed by atoms with E-state index in [-0.39, 0.29) is 33.7 Å². The molecule has 38 heavy (non-hydrogen) atoms. The minimum Gasteiger partial charge on any atom is -0.493 e. The Labute approximate surface area is 217 Å². The maximum Gasteiger partial charge on any atom is 0.420 e. The number of nitrogens with zero attached hydrogens (tertiary/aromatic N) is 2. The summed E-state index contributed by atoms with van der Waals surface area (Å²) >= 11 is 1.01. The summed E-state index contributed by atoms with van der Waals surface area (Å²) in [5.41, 5.74) is -0.511. The van der Waals surface area contributed by atoms with Crippen LogP contribution in [0.25, 0.3) is 6.08 Å². The van der Waals surface area contributed by atoms with Gasteiger partial charge < -0.3 is 14.8 Å². The second kappa shape index (κ2) is 10.9. The highest BCUT2D eigenvalue weighted by Gasteiger charge is 2.35. The second-order valence-electron chi connectivity index (χ2n) is 7.80. The summed E-state index contributed by atoms with van der Waals surface area (Å²) in [7, 11) is 1.31. The summed E-state index contributed by atoms with van der Waals surface area (Å²) in [5.74, 6) is -2.35. The fourth-order valence-electron chi connectivity index (χ4n) is 3.41. The number of halogens is 5. The van der Waals surface area contributed by atoms with Crippen molar-refractivity contribution in [3.05, 3.63) is 93.4 Å². The number of alkyl halides is 3. The summed E-state index contributed by atoms with van der Waals surface area (Å²) in [6.45, 7) is -0.0559. The van der Waals surface area contributed by atoms with Crippen molar-refractivity contribution in [2.45, 2.75) is 12.7 Å². The first-order valence-corrected chi connectivity index (χ1v) is 11.5. The number of amidine groups is 1. The number of amides is 1. The SMILES string of the molecule is COc1cc(/C=C2/SC(=NCc3cc(F)cc(F)c3)NC2=O)ccc1Oc1ccc(C#N)cc1C(F)(F)F. The molecule has 0 unspecified atom stereocenters. The van der Waals surface area contributed by atoms with Gasteiger partial charge in [0, 0.05) is 6.07 Å². The number of aliphatic imine (C=N–C) groups is 1. The molecule has 1 aliphatic rings. The third-order valence-corrected chi connectivity index (χ3v) is 6.05. The van der Waals surface area contributed by atoms with E-state index in [0.29, 0.717) is 17.2 Å². The van der Waals surface area contributed by atoms with Gasteiger partial charge in [-0.1, -0.05) is 6.07 Å². The minimum atomic E-state index is -4.76. The lowest BCUT2D eigenvalue weighted by Gasteiger charge is -2.16. The summed E-state index contributed by atoms with van der Waals surface area (Å²) in [4.78, 5) is 16.8. The van der Waals surface area contributed by atoms with E-state index in [1.807, 2.05) is 0 Å². The van der Waals surface area contributed by atoms with E-state index in [4.69, 9.17) is 14.7 Å². The highest BCUT2D eigenvalue weighted by Crippen LogP contribution is 2.41. The smallest absolute Gasteiger partial charge is 0.420 e. The molecule has 4 rings (SSSR count). The van der Waals surface area contributed by atoms with Crippen LogP contribution in [0, 0.1) is 23.0 Å². The molecular weight excluding hydrogens is 529 g/mol. The van der Waals surface area contributed by atoms with Crippen LogP contribution in [0.15, 0.2) is 64.5 Å². The summed E-state index contributed by atoms with van der Waals surface area (Å²) in [6.07, 6.45) is -3.24. The standard InChI is InChI=1S/C26H16F5N3O3S/c1-36-22-9-14(2-5-21(22)37-20-4-3-15(12-32)8-19(20)26(29,30)31)10-23-24(35)34-25(38-23)33-13-16-6-17(27)11-18(28)7-16/h2-11H,13H2,1H3,(H,33,34,35)/b23-10+. The molecule has 1 heterocycles. The molecule has 0 bridgehead atoms. The van der Waals surface area contributed by atoms with Crippen LogP contribution >= 0.6 is 11.8 Å². The molecule has 0 saturated carbocycles. The maximum atomic E-state index is 13.5. The Hall–Kier alpha value is -4.37. The number of carbonyl (C=O) groups is 1. The van der Waals surface area contributed by atoms with E-state index < -0.39 is 35.0 Å². The number of rotatable bonds is 6. The van der Waals surface area contributed by atoms with Gasteiger partial charge in [0.2, 0.25) is 0 Å². The number of nitrogens with one attached hydrogen (secondary N) is 1. The maximum absolute atomic E-state index is 13.5. The van der Waals surface area contributed by atoms with Gasteiger partial charge in [0.05, 0.1) is 35.8 Å². The van der Waals surface area contributed by atoms with Gasteiger partial charge in [-0.3, -0.25) is 9.79 Å². The number of methoxy groups -OCH3 is 1. The van der Waals surface area contributed by atoms with Gasteiger partial charge in [-0.25, -0.2) is 8.78 Å². The van der Waals surface area contributed by atoms with Crippen molar-refractivity contribution >= 4 is 28.9 Å². The zero-order valence-corrected chi connectivity index (χ0v) is 20.2. The van der Waals surface area contributed by atoms with Crippen LogP contribution in [-0.2, 0) is 17.5 Å². The normalized spacial score (nSPS) is 15.4. The molecule has 0 radical (unpaired) electrons. The van der Waals surface area contributed by atoms with Crippen molar-refractivity contribution < 1.29 is 36.2 Å². The van der Waals surface area contributed by atoms with Crippen LogP contribution < -0.4 is 14.8 Å². The number of hydrogen-bond donors (Lipinski definition) is 1. The second-order valence-corrected chi connectivity index (χ2v) is 8.83. The quantitative estimate of drug-likeness (QED) is 0.286. The van der Waals surface area contributed by atoms with Crippen LogP contribution in [0.2, 0.25) is 0 Å². The molecule has 3 aromatic carbocycles. The zero-order valence-electron chi connectivity index (χ0n) is 19.4. The molecule has 0 atom stereocenters. The Morgan fingerprint density at radius 3 is 2.39 bits per heavy atom. The molecule has 1 aliphatic heterocycles. The Bertz CT molecular complexity index is 1490. The van der Waals surface area contributed by atoms with Crippen molar-refractivity contribution in [1.29, 1.82) is 5.26 Å². The van der Waals surface area contributed by atoms with E-state index >= 15 is 0 Å². The third kappa shape index (κ3) is 6.30. The summed E-state index contributed by atoms with van der Waals surface area (Å²) in [6, 6.07) is 12.0. The van der Waals surface area contributed by atoms with E-state index in [1.165, 1.54) is 37.5 Å². The first kappa shape index (κ1) is 26.7. The first-order chi connectivity index (χ1) is 18.0. The average Bonchev–Trinajstić information content (AvgIpc) is 3.21. The molecule has 194 valence electrons. The molecule has 6 nitrogen and oxygen atoms in total. The lowest BCUT2D eigenvalue weighted by atomic mass is 10.1. The lowest BCUT2D eigenvalue weighted by Crippen LogP contribution is -2.19. The van der Waals surface area contributed by atoms with Crippen molar-refractivity contribution in [3.63, 3.8) is 0 Å². The topological polar surface area (TPSA) is 83.7 Å². The van der Waals surface area contributed by atoms with Gasteiger partial charge in [-0.2, -0.15) is 18.4 Å². The Kier molecular flexibility index (Phi) is 7.68. The molecule has 0 aromatic heterocycles. The molecule has 1 fully saturated rings. The first-order valence-electron chi connectivity index (χ1n) is 10.7. The van der Waals surface area contributed by atoms with Crippen LogP contribution in [0.4, 0.5) is 22.0 Å².